The van der Waals surface area contributed by atoms with Gasteiger partial charge >= 0.3 is 0 Å². The molecule has 5 rings (SSSR count). The number of hydrogen-bond donors (Lipinski definition) is 0. The number of benzene rings is 4. The zero-order valence-electron chi connectivity index (χ0n) is 26.5. The van der Waals surface area contributed by atoms with E-state index in [1.165, 1.54) is 55.9 Å². The third-order valence-electron chi connectivity index (χ3n) is 8.55. The first-order valence-corrected chi connectivity index (χ1v) is 14.8. The number of para-hydroxylation sites is 1. The molecular weight excluding hydrogens is 482 g/mol. The molecule has 208 valence electrons. The van der Waals surface area contributed by atoms with E-state index in [9.17, 15) is 0 Å². The summed E-state index contributed by atoms with van der Waals surface area (Å²) < 4.78 is 0. The molecule has 0 saturated carbocycles. The highest BCUT2D eigenvalue weighted by atomic mass is 15.2. The van der Waals surface area contributed by atoms with Gasteiger partial charge in [-0.2, -0.15) is 0 Å². The van der Waals surface area contributed by atoms with Crippen LogP contribution in [0.5, 0.6) is 0 Å². The zero-order valence-corrected chi connectivity index (χ0v) is 26.5. The van der Waals surface area contributed by atoms with Crippen LogP contribution in [0.3, 0.4) is 0 Å². The molecule has 0 aliphatic heterocycles. The van der Waals surface area contributed by atoms with E-state index in [4.69, 9.17) is 0 Å². The highest BCUT2D eigenvalue weighted by Gasteiger charge is 2.43. The Kier molecular flexibility index (Phi) is 6.61. The third-order valence-corrected chi connectivity index (χ3v) is 8.55. The Bertz CT molecular complexity index is 1550. The SMILES string of the molecule is CC(C)(C)c1cccc(-c2ccccc2)c1N(c1c(C(C)(C)C)ccc2c1C(C)(C)c1ccccc1-2)C(C)(C)C. The van der Waals surface area contributed by atoms with Crippen LogP contribution in [0.2, 0.25) is 0 Å². The van der Waals surface area contributed by atoms with E-state index in [0.29, 0.717) is 0 Å². The van der Waals surface area contributed by atoms with E-state index in [2.05, 4.69) is 166 Å². The monoisotopic (exact) mass is 529 g/mol. The van der Waals surface area contributed by atoms with Crippen LogP contribution >= 0.6 is 0 Å². The van der Waals surface area contributed by atoms with Gasteiger partial charge in [0.1, 0.15) is 0 Å². The summed E-state index contributed by atoms with van der Waals surface area (Å²) in [5.74, 6) is 0. The zero-order chi connectivity index (χ0) is 29.3. The van der Waals surface area contributed by atoms with Gasteiger partial charge in [-0.05, 0) is 70.5 Å². The van der Waals surface area contributed by atoms with Gasteiger partial charge in [0.05, 0.1) is 11.4 Å². The van der Waals surface area contributed by atoms with Gasteiger partial charge in [0, 0.05) is 16.5 Å². The van der Waals surface area contributed by atoms with Crippen LogP contribution in [0.25, 0.3) is 22.3 Å². The summed E-state index contributed by atoms with van der Waals surface area (Å²) >= 11 is 0. The van der Waals surface area contributed by atoms with Crippen molar-refractivity contribution in [2.24, 2.45) is 0 Å². The van der Waals surface area contributed by atoms with Gasteiger partial charge in [-0.1, -0.05) is 140 Å². The van der Waals surface area contributed by atoms with E-state index in [-0.39, 0.29) is 21.8 Å². The smallest absolute Gasteiger partial charge is 0.0533 e. The largest absolute Gasteiger partial charge is 0.335 e. The lowest BCUT2D eigenvalue weighted by Crippen LogP contribution is -2.42. The van der Waals surface area contributed by atoms with Crippen molar-refractivity contribution in [1.29, 1.82) is 0 Å². The first-order valence-electron chi connectivity index (χ1n) is 14.8. The molecular formula is C39H47N. The summed E-state index contributed by atoms with van der Waals surface area (Å²) in [7, 11) is 0. The fourth-order valence-electron chi connectivity index (χ4n) is 6.71. The van der Waals surface area contributed by atoms with Crippen molar-refractivity contribution in [2.75, 3.05) is 4.90 Å². The summed E-state index contributed by atoms with van der Waals surface area (Å²) in [4.78, 5) is 2.71. The molecule has 40 heavy (non-hydrogen) atoms. The van der Waals surface area contributed by atoms with Crippen LogP contribution in [0, 0.1) is 0 Å². The quantitative estimate of drug-likeness (QED) is 0.255. The summed E-state index contributed by atoms with van der Waals surface area (Å²) in [5, 5.41) is 0. The van der Waals surface area contributed by atoms with Crippen LogP contribution in [0.4, 0.5) is 11.4 Å². The Labute approximate surface area is 243 Å². The second-order valence-electron chi connectivity index (χ2n) is 15.1. The summed E-state index contributed by atoms with van der Waals surface area (Å²) in [5.41, 5.74) is 13.2. The number of hydrogen-bond acceptors (Lipinski definition) is 1. The van der Waals surface area contributed by atoms with E-state index in [1.54, 1.807) is 0 Å². The highest BCUT2D eigenvalue weighted by Crippen LogP contribution is 2.58. The van der Waals surface area contributed by atoms with E-state index < -0.39 is 0 Å². The maximum absolute atomic E-state index is 2.71. The number of nitrogens with zero attached hydrogens (tertiary/aromatic N) is 1. The molecule has 0 N–H and O–H groups in total. The Hall–Kier alpha value is -3.32. The molecule has 1 aliphatic carbocycles. The van der Waals surface area contributed by atoms with Crippen LogP contribution in [-0.2, 0) is 16.2 Å². The summed E-state index contributed by atoms with van der Waals surface area (Å²) in [6.45, 7) is 26.1. The fraction of sp³-hybridized carbons (Fsp3) is 0.385. The minimum atomic E-state index is -0.190. The number of fused-ring (bicyclic) bond motifs is 3. The molecule has 0 atom stereocenters. The van der Waals surface area contributed by atoms with Crippen molar-refractivity contribution in [3.8, 4) is 22.3 Å². The van der Waals surface area contributed by atoms with Crippen molar-refractivity contribution in [3.05, 3.63) is 107 Å². The molecule has 0 bridgehead atoms. The van der Waals surface area contributed by atoms with Crippen molar-refractivity contribution in [3.63, 3.8) is 0 Å². The predicted molar refractivity (Wildman–Crippen MR) is 175 cm³/mol. The van der Waals surface area contributed by atoms with Crippen molar-refractivity contribution >= 4 is 11.4 Å². The molecule has 0 aromatic heterocycles. The Morgan fingerprint density at radius 2 is 1.05 bits per heavy atom. The van der Waals surface area contributed by atoms with Crippen LogP contribution < -0.4 is 4.90 Å². The first-order chi connectivity index (χ1) is 18.5. The molecule has 1 aliphatic rings. The predicted octanol–water partition coefficient (Wildman–Crippen LogP) is 11.2. The molecule has 0 fully saturated rings. The standard InChI is InChI=1S/C39H47N/c1-36(2,3)31-23-17-21-27(26-18-13-12-14-19-26)34(31)40(38(7,8)9)35-32(37(4,5)6)25-24-29-28-20-15-16-22-30(28)39(10,11)33(29)35/h12-25H,1-11H3. The van der Waals surface area contributed by atoms with Crippen molar-refractivity contribution in [2.45, 2.75) is 97.9 Å². The lowest BCUT2D eigenvalue weighted by atomic mass is 9.75. The summed E-state index contributed by atoms with van der Waals surface area (Å²) in [6.07, 6.45) is 0. The minimum Gasteiger partial charge on any atom is -0.335 e. The van der Waals surface area contributed by atoms with Gasteiger partial charge in [-0.3, -0.25) is 0 Å². The molecule has 4 aromatic rings. The average molecular weight is 530 g/mol. The Morgan fingerprint density at radius 1 is 0.500 bits per heavy atom. The Balaban J connectivity index is 1.99. The number of rotatable bonds is 3. The third kappa shape index (κ3) is 4.58. The van der Waals surface area contributed by atoms with Gasteiger partial charge in [-0.15, -0.1) is 0 Å². The van der Waals surface area contributed by atoms with Gasteiger partial charge in [-0.25, -0.2) is 0 Å². The molecule has 0 heterocycles. The van der Waals surface area contributed by atoms with Crippen LogP contribution in [0.15, 0.2) is 84.9 Å². The topological polar surface area (TPSA) is 3.24 Å². The molecule has 0 saturated heterocycles. The van der Waals surface area contributed by atoms with Gasteiger partial charge in [0.15, 0.2) is 0 Å². The maximum atomic E-state index is 2.71. The molecule has 1 nitrogen and oxygen atoms in total. The van der Waals surface area contributed by atoms with Crippen molar-refractivity contribution < 1.29 is 0 Å². The second kappa shape index (κ2) is 9.37. The molecule has 0 unspecified atom stereocenters. The lowest BCUT2D eigenvalue weighted by molar-refractivity contribution is 0.526. The lowest BCUT2D eigenvalue weighted by Gasteiger charge is -2.46. The summed E-state index contributed by atoms with van der Waals surface area (Å²) in [6, 6.07) is 31.7. The Morgan fingerprint density at radius 3 is 1.65 bits per heavy atom. The van der Waals surface area contributed by atoms with E-state index in [0.717, 1.165) is 0 Å². The minimum absolute atomic E-state index is 0.0394. The van der Waals surface area contributed by atoms with Crippen LogP contribution in [0.1, 0.15) is 98.4 Å². The molecule has 0 spiro atoms. The fourth-order valence-corrected chi connectivity index (χ4v) is 6.71. The molecule has 0 radical (unpaired) electrons. The average Bonchev–Trinajstić information content (AvgIpc) is 3.10. The molecule has 1 heteroatoms. The second-order valence-corrected chi connectivity index (χ2v) is 15.1. The normalized spacial score (nSPS) is 14.6. The van der Waals surface area contributed by atoms with Gasteiger partial charge in [0.25, 0.3) is 0 Å². The van der Waals surface area contributed by atoms with Gasteiger partial charge < -0.3 is 4.90 Å². The van der Waals surface area contributed by atoms with Crippen molar-refractivity contribution in [1.82, 2.24) is 0 Å². The van der Waals surface area contributed by atoms with Gasteiger partial charge in [0.2, 0.25) is 0 Å². The number of anilines is 2. The first kappa shape index (κ1) is 28.2. The molecule has 0 amide bonds. The van der Waals surface area contributed by atoms with Crippen LogP contribution in [-0.4, -0.2) is 5.54 Å². The van der Waals surface area contributed by atoms with E-state index in [1.807, 2.05) is 0 Å². The van der Waals surface area contributed by atoms with E-state index >= 15 is 0 Å². The maximum Gasteiger partial charge on any atom is 0.0533 e. The highest BCUT2D eigenvalue weighted by molar-refractivity contribution is 5.93. The molecule has 4 aromatic carbocycles.